The van der Waals surface area contributed by atoms with E-state index in [1.54, 1.807) is 29.2 Å². The zero-order valence-corrected chi connectivity index (χ0v) is 14.6. The molecule has 1 aromatic heterocycles. The number of aromatic nitrogens is 1. The second-order valence-electron chi connectivity index (χ2n) is 6.25. The van der Waals surface area contributed by atoms with Gasteiger partial charge in [-0.05, 0) is 36.4 Å². The Bertz CT molecular complexity index is 988. The van der Waals surface area contributed by atoms with Crippen molar-refractivity contribution in [3.63, 3.8) is 0 Å². The molecular formula is C21H17N3O3. The van der Waals surface area contributed by atoms with Crippen LogP contribution in [0.4, 0.5) is 0 Å². The standard InChI is InChI=1S/C21H17N3O3/c22-12-15-6-8-16(9-7-15)21(25)24-11-10-18-19(13-24)27-20(23-18)14-26-17-4-2-1-3-5-17/h1-9H,10-11,13-14H2. The summed E-state index contributed by atoms with van der Waals surface area (Å²) in [5.41, 5.74) is 1.97. The average molecular weight is 359 g/mol. The van der Waals surface area contributed by atoms with Gasteiger partial charge in [-0.15, -0.1) is 0 Å². The van der Waals surface area contributed by atoms with Crippen molar-refractivity contribution in [3.05, 3.63) is 83.1 Å². The number of hydrogen-bond acceptors (Lipinski definition) is 5. The van der Waals surface area contributed by atoms with Crippen molar-refractivity contribution in [2.75, 3.05) is 6.54 Å². The van der Waals surface area contributed by atoms with Gasteiger partial charge in [-0.1, -0.05) is 18.2 Å². The highest BCUT2D eigenvalue weighted by Gasteiger charge is 2.26. The maximum atomic E-state index is 12.7. The molecule has 0 N–H and O–H groups in total. The molecule has 0 atom stereocenters. The Morgan fingerprint density at radius 2 is 1.96 bits per heavy atom. The maximum absolute atomic E-state index is 12.7. The summed E-state index contributed by atoms with van der Waals surface area (Å²) in [5.74, 6) is 1.89. The highest BCUT2D eigenvalue weighted by atomic mass is 16.5. The molecule has 2 heterocycles. The summed E-state index contributed by atoms with van der Waals surface area (Å²) in [6, 6.07) is 18.2. The van der Waals surface area contributed by atoms with E-state index in [2.05, 4.69) is 11.1 Å². The molecule has 1 aliphatic rings. The van der Waals surface area contributed by atoms with Gasteiger partial charge < -0.3 is 14.1 Å². The molecule has 0 fully saturated rings. The van der Waals surface area contributed by atoms with Crippen LogP contribution in [0.2, 0.25) is 0 Å². The first-order chi connectivity index (χ1) is 13.2. The predicted octanol–water partition coefficient (Wildman–Crippen LogP) is 3.32. The van der Waals surface area contributed by atoms with Crippen LogP contribution >= 0.6 is 0 Å². The fourth-order valence-corrected chi connectivity index (χ4v) is 3.02. The lowest BCUT2D eigenvalue weighted by atomic mass is 10.1. The number of carbonyl (C=O) groups is 1. The summed E-state index contributed by atoms with van der Waals surface area (Å²) >= 11 is 0. The Balaban J connectivity index is 1.42. The highest BCUT2D eigenvalue weighted by Crippen LogP contribution is 2.22. The molecule has 1 aliphatic heterocycles. The SMILES string of the molecule is N#Cc1ccc(C(=O)N2CCc3nc(COc4ccccc4)oc3C2)cc1. The summed E-state index contributed by atoms with van der Waals surface area (Å²) in [7, 11) is 0. The van der Waals surface area contributed by atoms with Crippen molar-refractivity contribution in [2.45, 2.75) is 19.6 Å². The van der Waals surface area contributed by atoms with Crippen LogP contribution in [0.1, 0.15) is 33.3 Å². The molecular weight excluding hydrogens is 342 g/mol. The van der Waals surface area contributed by atoms with Crippen molar-refractivity contribution >= 4 is 5.91 Å². The highest BCUT2D eigenvalue weighted by molar-refractivity contribution is 5.94. The van der Waals surface area contributed by atoms with Crippen LogP contribution < -0.4 is 4.74 Å². The van der Waals surface area contributed by atoms with Gasteiger partial charge in [0.05, 0.1) is 23.9 Å². The lowest BCUT2D eigenvalue weighted by molar-refractivity contribution is 0.0718. The van der Waals surface area contributed by atoms with Gasteiger partial charge in [-0.25, -0.2) is 4.98 Å². The van der Waals surface area contributed by atoms with Crippen molar-refractivity contribution in [3.8, 4) is 11.8 Å². The second kappa shape index (κ2) is 7.34. The van der Waals surface area contributed by atoms with Crippen LogP contribution in [0.3, 0.4) is 0 Å². The van der Waals surface area contributed by atoms with E-state index in [-0.39, 0.29) is 12.5 Å². The molecule has 1 amide bonds. The number of rotatable bonds is 4. The molecule has 0 spiro atoms. The molecule has 0 aliphatic carbocycles. The zero-order valence-electron chi connectivity index (χ0n) is 14.6. The number of oxazole rings is 1. The molecule has 2 aromatic carbocycles. The molecule has 0 radical (unpaired) electrons. The van der Waals surface area contributed by atoms with Gasteiger partial charge in [0, 0.05) is 18.5 Å². The average Bonchev–Trinajstić information content (AvgIpc) is 3.14. The zero-order chi connectivity index (χ0) is 18.6. The van der Waals surface area contributed by atoms with Gasteiger partial charge in [0.15, 0.2) is 6.61 Å². The summed E-state index contributed by atoms with van der Waals surface area (Å²) in [5, 5.41) is 8.87. The Morgan fingerprint density at radius 3 is 2.70 bits per heavy atom. The number of para-hydroxylation sites is 1. The number of fused-ring (bicyclic) bond motifs is 1. The van der Waals surface area contributed by atoms with Crippen LogP contribution in [-0.2, 0) is 19.6 Å². The maximum Gasteiger partial charge on any atom is 0.254 e. The van der Waals surface area contributed by atoms with Crippen LogP contribution in [0.25, 0.3) is 0 Å². The molecule has 27 heavy (non-hydrogen) atoms. The monoisotopic (exact) mass is 359 g/mol. The van der Waals surface area contributed by atoms with E-state index in [4.69, 9.17) is 14.4 Å². The van der Waals surface area contributed by atoms with E-state index in [1.165, 1.54) is 0 Å². The Morgan fingerprint density at radius 1 is 1.19 bits per heavy atom. The summed E-state index contributed by atoms with van der Waals surface area (Å²) in [6.45, 7) is 1.21. The van der Waals surface area contributed by atoms with E-state index in [0.717, 1.165) is 11.4 Å². The molecule has 6 nitrogen and oxygen atoms in total. The topological polar surface area (TPSA) is 79.4 Å². The largest absolute Gasteiger partial charge is 0.484 e. The van der Waals surface area contributed by atoms with Crippen molar-refractivity contribution in [1.82, 2.24) is 9.88 Å². The molecule has 0 saturated heterocycles. The number of ether oxygens (including phenoxy) is 1. The van der Waals surface area contributed by atoms with E-state index >= 15 is 0 Å². The van der Waals surface area contributed by atoms with Gasteiger partial charge in [-0.2, -0.15) is 5.26 Å². The summed E-state index contributed by atoms with van der Waals surface area (Å²) in [4.78, 5) is 18.9. The first-order valence-electron chi connectivity index (χ1n) is 8.67. The summed E-state index contributed by atoms with van der Waals surface area (Å²) < 4.78 is 11.5. The van der Waals surface area contributed by atoms with Crippen LogP contribution in [0.5, 0.6) is 5.75 Å². The van der Waals surface area contributed by atoms with E-state index < -0.39 is 0 Å². The van der Waals surface area contributed by atoms with Crippen molar-refractivity contribution < 1.29 is 13.9 Å². The Kier molecular flexibility index (Phi) is 4.58. The Hall–Kier alpha value is -3.59. The predicted molar refractivity (Wildman–Crippen MR) is 96.9 cm³/mol. The summed E-state index contributed by atoms with van der Waals surface area (Å²) in [6.07, 6.45) is 0.645. The van der Waals surface area contributed by atoms with Crippen LogP contribution in [0.15, 0.2) is 59.0 Å². The number of nitrogens with zero attached hydrogens (tertiary/aromatic N) is 3. The molecule has 134 valence electrons. The van der Waals surface area contributed by atoms with E-state index in [9.17, 15) is 4.79 Å². The first kappa shape index (κ1) is 16.9. The van der Waals surface area contributed by atoms with Gasteiger partial charge in [0.25, 0.3) is 5.91 Å². The first-order valence-corrected chi connectivity index (χ1v) is 8.67. The molecule has 0 saturated carbocycles. The fraction of sp³-hybridized carbons (Fsp3) is 0.190. The third-order valence-corrected chi connectivity index (χ3v) is 4.43. The van der Waals surface area contributed by atoms with Gasteiger partial charge in [-0.3, -0.25) is 4.79 Å². The fourth-order valence-electron chi connectivity index (χ4n) is 3.02. The minimum absolute atomic E-state index is 0.0800. The molecule has 6 heteroatoms. The van der Waals surface area contributed by atoms with Crippen LogP contribution in [0, 0.1) is 11.3 Å². The Labute approximate surface area is 156 Å². The number of hydrogen-bond donors (Lipinski definition) is 0. The lowest BCUT2D eigenvalue weighted by Crippen LogP contribution is -2.35. The van der Waals surface area contributed by atoms with E-state index in [0.29, 0.717) is 42.3 Å². The molecule has 0 unspecified atom stereocenters. The van der Waals surface area contributed by atoms with Gasteiger partial charge in [0.2, 0.25) is 5.89 Å². The third kappa shape index (κ3) is 3.67. The normalized spacial score (nSPS) is 12.9. The second-order valence-corrected chi connectivity index (χ2v) is 6.25. The minimum Gasteiger partial charge on any atom is -0.484 e. The quantitative estimate of drug-likeness (QED) is 0.714. The third-order valence-electron chi connectivity index (χ3n) is 4.43. The lowest BCUT2D eigenvalue weighted by Gasteiger charge is -2.25. The van der Waals surface area contributed by atoms with Gasteiger partial charge in [0.1, 0.15) is 11.5 Å². The smallest absolute Gasteiger partial charge is 0.254 e. The minimum atomic E-state index is -0.0800. The van der Waals surface area contributed by atoms with Crippen molar-refractivity contribution in [2.24, 2.45) is 0 Å². The van der Waals surface area contributed by atoms with Crippen LogP contribution in [-0.4, -0.2) is 22.3 Å². The molecule has 0 bridgehead atoms. The number of amides is 1. The number of benzene rings is 2. The van der Waals surface area contributed by atoms with Gasteiger partial charge >= 0.3 is 0 Å². The molecule has 3 aromatic rings. The van der Waals surface area contributed by atoms with Crippen molar-refractivity contribution in [1.29, 1.82) is 5.26 Å². The van der Waals surface area contributed by atoms with E-state index in [1.807, 2.05) is 30.3 Å². The number of carbonyl (C=O) groups excluding carboxylic acids is 1. The molecule has 4 rings (SSSR count). The number of nitriles is 1.